The minimum Gasteiger partial charge on any atom is -0.351 e. The second kappa shape index (κ2) is 5.10. The molecule has 0 aromatic heterocycles. The lowest BCUT2D eigenvalue weighted by atomic mass is 9.61. The molecular weight excluding hydrogens is 328 g/mol. The molecule has 2 atom stereocenters. The normalized spacial score (nSPS) is 31.9. The zero-order valence-corrected chi connectivity index (χ0v) is 14.7. The Bertz CT molecular complexity index is 900. The van der Waals surface area contributed by atoms with Crippen LogP contribution in [0, 0.1) is 5.41 Å². The van der Waals surface area contributed by atoms with Crippen LogP contribution in [-0.4, -0.2) is 29.1 Å². The number of allylic oxidation sites excluding steroid dienone is 2. The summed E-state index contributed by atoms with van der Waals surface area (Å²) in [6.45, 7) is 2.16. The third-order valence-corrected chi connectivity index (χ3v) is 6.68. The number of benzene rings is 1. The fourth-order valence-electron chi connectivity index (χ4n) is 5.17. The van der Waals surface area contributed by atoms with Crippen LogP contribution in [0.2, 0.25) is 0 Å². The summed E-state index contributed by atoms with van der Waals surface area (Å²) in [5.74, 6) is -0.223. The number of fused-ring (bicyclic) bond motifs is 4. The van der Waals surface area contributed by atoms with Crippen molar-refractivity contribution >= 4 is 17.3 Å². The highest BCUT2D eigenvalue weighted by Crippen LogP contribution is 2.54. The van der Waals surface area contributed by atoms with Gasteiger partial charge in [-0.25, -0.2) is 0 Å². The molecule has 26 heavy (non-hydrogen) atoms. The maximum absolute atomic E-state index is 13.0. The van der Waals surface area contributed by atoms with Crippen molar-refractivity contribution in [2.24, 2.45) is 5.41 Å². The van der Waals surface area contributed by atoms with E-state index in [2.05, 4.69) is 13.0 Å². The molecule has 4 heteroatoms. The quantitative estimate of drug-likeness (QED) is 0.531. The lowest BCUT2D eigenvalue weighted by Crippen LogP contribution is -2.52. The third-order valence-electron chi connectivity index (χ3n) is 6.68. The molecule has 1 saturated carbocycles. The molecule has 132 valence electrons. The Kier molecular flexibility index (Phi) is 3.12. The maximum Gasteiger partial charge on any atom is 0.203 e. The third kappa shape index (κ3) is 1.85. The number of ether oxygens (including phenoxy) is 1. The Hall–Kier alpha value is -2.33. The standard InChI is InChI=1S/C22H20O4/c1-21-10-8-14(23)12-13(21)6-7-18-17(21)9-11-22(26-18)19(24)15-4-2-3-5-16(15)20(22)25/h2-5,9,12,18H,6-8,10-11H2,1H3/t18-,21-/m0/s1. The number of hydrogen-bond acceptors (Lipinski definition) is 4. The smallest absolute Gasteiger partial charge is 0.203 e. The molecular formula is C22H20O4. The van der Waals surface area contributed by atoms with Gasteiger partial charge >= 0.3 is 0 Å². The average molecular weight is 348 g/mol. The van der Waals surface area contributed by atoms with Gasteiger partial charge in [0.1, 0.15) is 0 Å². The van der Waals surface area contributed by atoms with Crippen LogP contribution in [0.25, 0.3) is 0 Å². The van der Waals surface area contributed by atoms with E-state index in [1.807, 2.05) is 0 Å². The molecule has 0 saturated heterocycles. The lowest BCUT2D eigenvalue weighted by Gasteiger charge is -2.49. The first-order chi connectivity index (χ1) is 12.5. The number of carbonyl (C=O) groups is 3. The summed E-state index contributed by atoms with van der Waals surface area (Å²) in [4.78, 5) is 37.9. The second-order valence-electron chi connectivity index (χ2n) is 8.01. The van der Waals surface area contributed by atoms with Crippen molar-refractivity contribution in [3.8, 4) is 0 Å². The number of Topliss-reactive ketones (excluding diaryl/α,β-unsaturated/α-hetero) is 2. The van der Waals surface area contributed by atoms with Crippen molar-refractivity contribution in [2.45, 2.75) is 50.7 Å². The van der Waals surface area contributed by atoms with Crippen molar-refractivity contribution in [3.63, 3.8) is 0 Å². The van der Waals surface area contributed by atoms with Crippen LogP contribution in [-0.2, 0) is 9.53 Å². The molecule has 0 bridgehead atoms. The van der Waals surface area contributed by atoms with Gasteiger partial charge in [-0.15, -0.1) is 0 Å². The summed E-state index contributed by atoms with van der Waals surface area (Å²) in [6.07, 6.45) is 6.69. The number of hydrogen-bond donors (Lipinski definition) is 0. The zero-order valence-electron chi connectivity index (χ0n) is 14.7. The number of carbonyl (C=O) groups excluding carboxylic acids is 3. The van der Waals surface area contributed by atoms with Crippen molar-refractivity contribution < 1.29 is 19.1 Å². The van der Waals surface area contributed by atoms with Gasteiger partial charge in [0.15, 0.2) is 11.4 Å². The van der Waals surface area contributed by atoms with E-state index in [0.29, 0.717) is 24.0 Å². The fraction of sp³-hybridized carbons (Fsp3) is 0.409. The minimum absolute atomic E-state index is 0.185. The molecule has 4 aliphatic rings. The van der Waals surface area contributed by atoms with Gasteiger partial charge in [0, 0.05) is 29.4 Å². The zero-order chi connectivity index (χ0) is 18.1. The second-order valence-corrected chi connectivity index (χ2v) is 8.01. The fourth-order valence-corrected chi connectivity index (χ4v) is 5.17. The van der Waals surface area contributed by atoms with E-state index in [0.717, 1.165) is 18.4 Å². The van der Waals surface area contributed by atoms with Crippen LogP contribution in [0.15, 0.2) is 47.6 Å². The van der Waals surface area contributed by atoms with Crippen molar-refractivity contribution in [1.29, 1.82) is 0 Å². The van der Waals surface area contributed by atoms with Gasteiger partial charge in [0.2, 0.25) is 11.6 Å². The predicted octanol–water partition coefficient (Wildman–Crippen LogP) is 3.61. The highest BCUT2D eigenvalue weighted by molar-refractivity contribution is 6.32. The van der Waals surface area contributed by atoms with Crippen LogP contribution in [0.3, 0.4) is 0 Å². The van der Waals surface area contributed by atoms with E-state index >= 15 is 0 Å². The monoisotopic (exact) mass is 348 g/mol. The van der Waals surface area contributed by atoms with Gasteiger partial charge in [-0.1, -0.05) is 42.8 Å². The summed E-state index contributed by atoms with van der Waals surface area (Å²) in [7, 11) is 0. The van der Waals surface area contributed by atoms with Crippen molar-refractivity contribution in [2.75, 3.05) is 0 Å². The van der Waals surface area contributed by atoms with Gasteiger partial charge in [-0.05, 0) is 30.9 Å². The molecule has 1 aromatic carbocycles. The summed E-state index contributed by atoms with van der Waals surface area (Å²) >= 11 is 0. The SMILES string of the molecule is C[C@]12CCC(=O)C=C1CC[C@@H]1OC3(CC=C12)C(=O)c1ccccc1C3=O. The molecule has 1 fully saturated rings. The lowest BCUT2D eigenvalue weighted by molar-refractivity contribution is -0.116. The molecule has 1 aliphatic heterocycles. The summed E-state index contributed by atoms with van der Waals surface area (Å²) in [5.41, 5.74) is 1.68. The summed E-state index contributed by atoms with van der Waals surface area (Å²) in [5, 5.41) is 0. The Morgan fingerprint density at radius 1 is 1.04 bits per heavy atom. The molecule has 3 aliphatic carbocycles. The summed E-state index contributed by atoms with van der Waals surface area (Å²) in [6, 6.07) is 6.99. The van der Waals surface area contributed by atoms with Crippen LogP contribution in [0.4, 0.5) is 0 Å². The Labute approximate surface area is 151 Å². The first kappa shape index (κ1) is 15.9. The van der Waals surface area contributed by atoms with Crippen LogP contribution >= 0.6 is 0 Å². The predicted molar refractivity (Wildman–Crippen MR) is 95.1 cm³/mol. The Morgan fingerprint density at radius 3 is 2.42 bits per heavy atom. The molecule has 1 heterocycles. The topological polar surface area (TPSA) is 60.4 Å². The molecule has 4 nitrogen and oxygen atoms in total. The number of ketones is 3. The van der Waals surface area contributed by atoms with Crippen molar-refractivity contribution in [3.05, 3.63) is 58.7 Å². The number of rotatable bonds is 0. The highest BCUT2D eigenvalue weighted by Gasteiger charge is 2.58. The Morgan fingerprint density at radius 2 is 1.73 bits per heavy atom. The van der Waals surface area contributed by atoms with Gasteiger partial charge in [-0.3, -0.25) is 14.4 Å². The maximum atomic E-state index is 13.0. The molecule has 0 radical (unpaired) electrons. The summed E-state index contributed by atoms with van der Waals surface area (Å²) < 4.78 is 6.31. The van der Waals surface area contributed by atoms with E-state index in [-0.39, 0.29) is 35.3 Å². The van der Waals surface area contributed by atoms with Crippen LogP contribution in [0.5, 0.6) is 0 Å². The first-order valence-electron chi connectivity index (χ1n) is 9.26. The average Bonchev–Trinajstić information content (AvgIpc) is 2.85. The highest BCUT2D eigenvalue weighted by atomic mass is 16.5. The molecule has 0 N–H and O–H groups in total. The molecule has 0 amide bonds. The van der Waals surface area contributed by atoms with Gasteiger partial charge in [0.25, 0.3) is 0 Å². The largest absolute Gasteiger partial charge is 0.351 e. The van der Waals surface area contributed by atoms with Gasteiger partial charge in [0.05, 0.1) is 6.10 Å². The van der Waals surface area contributed by atoms with Crippen molar-refractivity contribution in [1.82, 2.24) is 0 Å². The van der Waals surface area contributed by atoms with E-state index in [4.69, 9.17) is 4.74 Å². The van der Waals surface area contributed by atoms with E-state index in [1.165, 1.54) is 5.57 Å². The molecule has 5 rings (SSSR count). The first-order valence-corrected chi connectivity index (χ1v) is 9.26. The molecule has 1 aromatic rings. The van der Waals surface area contributed by atoms with E-state index < -0.39 is 5.60 Å². The van der Waals surface area contributed by atoms with Crippen LogP contribution < -0.4 is 0 Å². The van der Waals surface area contributed by atoms with E-state index in [9.17, 15) is 14.4 Å². The minimum atomic E-state index is -1.39. The van der Waals surface area contributed by atoms with Crippen LogP contribution in [0.1, 0.15) is 59.7 Å². The van der Waals surface area contributed by atoms with E-state index in [1.54, 1.807) is 30.3 Å². The Balaban J connectivity index is 1.57. The molecule has 0 unspecified atom stereocenters. The molecule has 1 spiro atoms. The van der Waals surface area contributed by atoms with Gasteiger partial charge in [-0.2, -0.15) is 0 Å². The van der Waals surface area contributed by atoms with Gasteiger partial charge < -0.3 is 4.74 Å².